The summed E-state index contributed by atoms with van der Waals surface area (Å²) in [6.07, 6.45) is 7.99. The van der Waals surface area contributed by atoms with Crippen molar-refractivity contribution in [3.8, 4) is 0 Å². The van der Waals surface area contributed by atoms with Gasteiger partial charge in [0.1, 0.15) is 0 Å². The zero-order valence-electron chi connectivity index (χ0n) is 10.5. The second-order valence-corrected chi connectivity index (χ2v) is 5.52. The fraction of sp³-hybridized carbons (Fsp3) is 0.714. The van der Waals surface area contributed by atoms with Gasteiger partial charge in [-0.1, -0.05) is 45.4 Å². The van der Waals surface area contributed by atoms with Crippen molar-refractivity contribution in [2.75, 3.05) is 0 Å². The third kappa shape index (κ3) is 1.56. The number of aliphatic hydroxyl groups excluding tert-OH is 1. The molecule has 0 saturated carbocycles. The van der Waals surface area contributed by atoms with Crippen LogP contribution in [0.4, 0.5) is 0 Å². The maximum absolute atomic E-state index is 10.4. The molecule has 90 valence electrons. The molecule has 2 heteroatoms. The lowest BCUT2D eigenvalue weighted by molar-refractivity contribution is 0.0319. The summed E-state index contributed by atoms with van der Waals surface area (Å²) in [5.41, 5.74) is 7.17. The van der Waals surface area contributed by atoms with Gasteiger partial charge in [0.05, 0.1) is 11.6 Å². The maximum atomic E-state index is 10.4. The van der Waals surface area contributed by atoms with Gasteiger partial charge in [-0.2, -0.15) is 0 Å². The first-order valence-corrected chi connectivity index (χ1v) is 6.37. The molecule has 16 heavy (non-hydrogen) atoms. The van der Waals surface area contributed by atoms with Crippen molar-refractivity contribution in [3.63, 3.8) is 0 Å². The second-order valence-electron chi connectivity index (χ2n) is 5.52. The summed E-state index contributed by atoms with van der Waals surface area (Å²) in [5.74, 6) is 1.23. The fourth-order valence-electron chi connectivity index (χ4n) is 3.45. The van der Waals surface area contributed by atoms with E-state index in [1.807, 2.05) is 0 Å². The van der Waals surface area contributed by atoms with E-state index < -0.39 is 11.6 Å². The molecular weight excluding hydrogens is 198 g/mol. The molecule has 0 aromatic rings. The number of allylic oxidation sites excluding steroid dienone is 2. The highest BCUT2D eigenvalue weighted by atomic mass is 16.3. The molecule has 2 aliphatic carbocycles. The van der Waals surface area contributed by atoms with Crippen LogP contribution in [-0.2, 0) is 0 Å². The van der Waals surface area contributed by atoms with Gasteiger partial charge in [-0.15, -0.1) is 0 Å². The summed E-state index contributed by atoms with van der Waals surface area (Å²) in [6.45, 7) is 6.50. The lowest BCUT2D eigenvalue weighted by atomic mass is 9.61. The molecule has 0 spiro atoms. The summed E-state index contributed by atoms with van der Waals surface area (Å²) in [5, 5.41) is 10.4. The van der Waals surface area contributed by atoms with Crippen molar-refractivity contribution in [2.45, 2.75) is 45.3 Å². The average molecular weight is 221 g/mol. The van der Waals surface area contributed by atoms with Crippen LogP contribution in [0, 0.1) is 17.8 Å². The standard InChI is InChI=1S/C14H23NO/c1-4-12-10(3)5-6-11-7-9(2)8-13(16)14(11,12)15/h5-7,9-10,12-13,16H,4,8,15H2,1-3H3/t9-,10-,12-,13-,14?/m0/s1. The van der Waals surface area contributed by atoms with Crippen LogP contribution in [0.1, 0.15) is 33.6 Å². The van der Waals surface area contributed by atoms with Gasteiger partial charge in [-0.05, 0) is 29.7 Å². The Morgan fingerprint density at radius 2 is 2.19 bits per heavy atom. The van der Waals surface area contributed by atoms with Gasteiger partial charge in [0, 0.05) is 0 Å². The van der Waals surface area contributed by atoms with E-state index in [1.165, 1.54) is 0 Å². The second kappa shape index (κ2) is 4.01. The van der Waals surface area contributed by atoms with E-state index in [0.29, 0.717) is 17.8 Å². The summed E-state index contributed by atoms with van der Waals surface area (Å²) in [6, 6.07) is 0. The van der Waals surface area contributed by atoms with Crippen LogP contribution in [-0.4, -0.2) is 16.7 Å². The van der Waals surface area contributed by atoms with Crippen LogP contribution in [0.25, 0.3) is 0 Å². The van der Waals surface area contributed by atoms with Crippen molar-refractivity contribution in [1.82, 2.24) is 0 Å². The van der Waals surface area contributed by atoms with Gasteiger partial charge in [0.2, 0.25) is 0 Å². The van der Waals surface area contributed by atoms with E-state index in [1.54, 1.807) is 0 Å². The van der Waals surface area contributed by atoms with Gasteiger partial charge in [0.15, 0.2) is 0 Å². The van der Waals surface area contributed by atoms with Gasteiger partial charge in [0.25, 0.3) is 0 Å². The molecule has 0 fully saturated rings. The molecule has 2 rings (SSSR count). The monoisotopic (exact) mass is 221 g/mol. The molecule has 2 aliphatic rings. The lowest BCUT2D eigenvalue weighted by Gasteiger charge is -2.49. The van der Waals surface area contributed by atoms with Crippen LogP contribution in [0.5, 0.6) is 0 Å². The highest BCUT2D eigenvalue weighted by Crippen LogP contribution is 2.44. The van der Waals surface area contributed by atoms with Crippen molar-refractivity contribution in [2.24, 2.45) is 23.5 Å². The molecule has 0 amide bonds. The Balaban J connectivity index is 2.47. The zero-order chi connectivity index (χ0) is 11.9. The Hall–Kier alpha value is -0.600. The highest BCUT2D eigenvalue weighted by molar-refractivity contribution is 5.40. The van der Waals surface area contributed by atoms with Crippen molar-refractivity contribution >= 4 is 0 Å². The molecule has 0 aromatic heterocycles. The van der Waals surface area contributed by atoms with Crippen molar-refractivity contribution in [1.29, 1.82) is 0 Å². The summed E-state index contributed by atoms with van der Waals surface area (Å²) < 4.78 is 0. The lowest BCUT2D eigenvalue weighted by Crippen LogP contribution is -2.62. The highest BCUT2D eigenvalue weighted by Gasteiger charge is 2.48. The predicted molar refractivity (Wildman–Crippen MR) is 66.9 cm³/mol. The minimum absolute atomic E-state index is 0.353. The van der Waals surface area contributed by atoms with E-state index >= 15 is 0 Å². The molecule has 2 nitrogen and oxygen atoms in total. The van der Waals surface area contributed by atoms with E-state index in [-0.39, 0.29) is 0 Å². The normalized spacial score (nSPS) is 47.4. The number of rotatable bonds is 1. The first-order chi connectivity index (χ1) is 7.50. The summed E-state index contributed by atoms with van der Waals surface area (Å²) in [7, 11) is 0. The fourth-order valence-corrected chi connectivity index (χ4v) is 3.45. The van der Waals surface area contributed by atoms with E-state index in [4.69, 9.17) is 5.73 Å². The Bertz CT molecular complexity index is 334. The molecule has 0 heterocycles. The van der Waals surface area contributed by atoms with Crippen molar-refractivity contribution < 1.29 is 5.11 Å². The van der Waals surface area contributed by atoms with Gasteiger partial charge in [-0.3, -0.25) is 0 Å². The Morgan fingerprint density at radius 1 is 1.50 bits per heavy atom. The SMILES string of the molecule is CC[C@H]1[C@@H](C)C=CC2=C[C@H](C)C[C@H](O)C21N. The molecule has 3 N–H and O–H groups in total. The molecule has 0 bridgehead atoms. The summed E-state index contributed by atoms with van der Waals surface area (Å²) >= 11 is 0. The maximum Gasteiger partial charge on any atom is 0.0769 e. The smallest absolute Gasteiger partial charge is 0.0769 e. The largest absolute Gasteiger partial charge is 0.391 e. The molecule has 5 atom stereocenters. The molecule has 1 unspecified atom stereocenters. The van der Waals surface area contributed by atoms with Crippen molar-refractivity contribution in [3.05, 3.63) is 23.8 Å². The predicted octanol–water partition coefficient (Wildman–Crippen LogP) is 2.24. The van der Waals surface area contributed by atoms with Crippen LogP contribution in [0.3, 0.4) is 0 Å². The Morgan fingerprint density at radius 3 is 2.81 bits per heavy atom. The van der Waals surface area contributed by atoms with Gasteiger partial charge >= 0.3 is 0 Å². The topological polar surface area (TPSA) is 46.2 Å². The molecular formula is C14H23NO. The number of fused-ring (bicyclic) bond motifs is 1. The van der Waals surface area contributed by atoms with Crippen LogP contribution in [0.2, 0.25) is 0 Å². The van der Waals surface area contributed by atoms with Crippen LogP contribution in [0.15, 0.2) is 23.8 Å². The minimum atomic E-state index is -0.518. The van der Waals surface area contributed by atoms with E-state index in [9.17, 15) is 5.11 Å². The molecule has 0 aromatic carbocycles. The minimum Gasteiger partial charge on any atom is -0.391 e. The number of nitrogens with two attached hydrogens (primary N) is 1. The first-order valence-electron chi connectivity index (χ1n) is 6.37. The van der Waals surface area contributed by atoms with E-state index in [2.05, 4.69) is 39.0 Å². The molecule has 0 saturated heterocycles. The third-order valence-corrected chi connectivity index (χ3v) is 4.38. The zero-order valence-corrected chi connectivity index (χ0v) is 10.5. The molecule has 0 aliphatic heterocycles. The number of hydrogen-bond donors (Lipinski definition) is 2. The van der Waals surface area contributed by atoms with Crippen LogP contribution < -0.4 is 5.73 Å². The first kappa shape index (κ1) is 11.9. The number of hydrogen-bond acceptors (Lipinski definition) is 2. The van der Waals surface area contributed by atoms with Gasteiger partial charge < -0.3 is 10.8 Å². The Labute approximate surface area is 98.2 Å². The van der Waals surface area contributed by atoms with E-state index in [0.717, 1.165) is 18.4 Å². The van der Waals surface area contributed by atoms with Gasteiger partial charge in [-0.25, -0.2) is 0 Å². The molecule has 0 radical (unpaired) electrons. The summed E-state index contributed by atoms with van der Waals surface area (Å²) in [4.78, 5) is 0. The quantitative estimate of drug-likeness (QED) is 0.713. The Kier molecular flexibility index (Phi) is 2.97. The van der Waals surface area contributed by atoms with Crippen LogP contribution >= 0.6 is 0 Å². The third-order valence-electron chi connectivity index (χ3n) is 4.38. The number of aliphatic hydroxyl groups is 1. The average Bonchev–Trinajstić information content (AvgIpc) is 2.21.